The highest BCUT2D eigenvalue weighted by molar-refractivity contribution is 6.31. The molecular formula is C24H18ClN7O2. The summed E-state index contributed by atoms with van der Waals surface area (Å²) in [5.74, 6) is -0.208. The number of aromatic amines is 1. The monoisotopic (exact) mass is 471 g/mol. The van der Waals surface area contributed by atoms with E-state index < -0.39 is 6.04 Å². The summed E-state index contributed by atoms with van der Waals surface area (Å²) in [6, 6.07) is 15.8. The number of aryl methyl sites for hydroxylation is 1. The molecule has 0 aliphatic carbocycles. The van der Waals surface area contributed by atoms with E-state index in [0.717, 1.165) is 22.2 Å². The van der Waals surface area contributed by atoms with Gasteiger partial charge in [0.05, 0.1) is 5.69 Å². The third kappa shape index (κ3) is 3.46. The second-order valence-electron chi connectivity index (χ2n) is 8.18. The molecule has 1 amide bonds. The van der Waals surface area contributed by atoms with Gasteiger partial charge in [0.2, 0.25) is 5.91 Å². The van der Waals surface area contributed by atoms with Crippen LogP contribution in [0.25, 0.3) is 27.7 Å². The average Bonchev–Trinajstić information content (AvgIpc) is 3.59. The Bertz CT molecular complexity index is 1600. The first-order valence-corrected chi connectivity index (χ1v) is 11.1. The van der Waals surface area contributed by atoms with Gasteiger partial charge in [-0.3, -0.25) is 9.59 Å². The lowest BCUT2D eigenvalue weighted by Crippen LogP contribution is -2.31. The molecule has 168 valence electrons. The summed E-state index contributed by atoms with van der Waals surface area (Å²) in [6.45, 7) is 0. The van der Waals surface area contributed by atoms with E-state index in [1.54, 1.807) is 22.8 Å². The van der Waals surface area contributed by atoms with E-state index >= 15 is 0 Å². The standard InChI is InChI=1S/C24H18ClN7O2/c25-16-1-5-21(31-13-27-29-30-31)19(12-16)15-10-18-3-6-22(32(18)23(33)11-15)24(34)28-17-2-4-20-14(9-17)7-8-26-20/h1-2,4-5,7-13,22,26H,3,6H2,(H,28,34)/t22-/m0/s1. The largest absolute Gasteiger partial charge is 0.361 e. The summed E-state index contributed by atoms with van der Waals surface area (Å²) in [5.41, 5.74) is 4.37. The Kier molecular flexibility index (Phi) is 4.77. The van der Waals surface area contributed by atoms with Crippen molar-refractivity contribution in [3.8, 4) is 16.8 Å². The van der Waals surface area contributed by atoms with Gasteiger partial charge in [0, 0.05) is 45.1 Å². The summed E-state index contributed by atoms with van der Waals surface area (Å²) >= 11 is 6.26. The number of amides is 1. The van der Waals surface area contributed by atoms with Crippen molar-refractivity contribution in [3.63, 3.8) is 0 Å². The molecule has 0 fully saturated rings. The molecule has 0 bridgehead atoms. The number of anilines is 1. The van der Waals surface area contributed by atoms with Crippen LogP contribution in [0.3, 0.4) is 0 Å². The number of H-pyrrole nitrogens is 1. The maximum atomic E-state index is 13.2. The average molecular weight is 472 g/mol. The lowest BCUT2D eigenvalue weighted by Gasteiger charge is -2.16. The molecule has 6 rings (SSSR count). The fourth-order valence-corrected chi connectivity index (χ4v) is 4.74. The van der Waals surface area contributed by atoms with Crippen molar-refractivity contribution in [2.45, 2.75) is 18.9 Å². The zero-order chi connectivity index (χ0) is 23.2. The third-order valence-corrected chi connectivity index (χ3v) is 6.36. The number of nitrogens with one attached hydrogen (secondary N) is 2. The zero-order valence-corrected chi connectivity index (χ0v) is 18.5. The van der Waals surface area contributed by atoms with Crippen LogP contribution in [-0.4, -0.2) is 35.7 Å². The number of aromatic nitrogens is 6. The van der Waals surface area contributed by atoms with Crippen LogP contribution >= 0.6 is 11.6 Å². The number of tetrazole rings is 1. The van der Waals surface area contributed by atoms with Crippen molar-refractivity contribution >= 4 is 34.1 Å². The van der Waals surface area contributed by atoms with Crippen LogP contribution < -0.4 is 10.9 Å². The lowest BCUT2D eigenvalue weighted by atomic mass is 10.0. The number of halogens is 1. The van der Waals surface area contributed by atoms with Gasteiger partial charge < -0.3 is 14.9 Å². The van der Waals surface area contributed by atoms with Crippen molar-refractivity contribution < 1.29 is 4.79 Å². The van der Waals surface area contributed by atoms with Gasteiger partial charge in [0.1, 0.15) is 12.4 Å². The smallest absolute Gasteiger partial charge is 0.252 e. The molecule has 9 nitrogen and oxygen atoms in total. The SMILES string of the molecule is O=C(Nc1ccc2[nH]ccc2c1)[C@@H]1CCc2cc(-c3cc(Cl)ccc3-n3cnnn3)cc(=O)n21. The number of rotatable bonds is 4. The number of hydrogen-bond acceptors (Lipinski definition) is 5. The number of carbonyl (C=O) groups excluding carboxylic acids is 1. The molecule has 0 radical (unpaired) electrons. The first-order valence-electron chi connectivity index (χ1n) is 10.7. The van der Waals surface area contributed by atoms with E-state index in [4.69, 9.17) is 11.6 Å². The van der Waals surface area contributed by atoms with E-state index in [0.29, 0.717) is 34.8 Å². The van der Waals surface area contributed by atoms with Crippen LogP contribution in [0.1, 0.15) is 18.2 Å². The summed E-state index contributed by atoms with van der Waals surface area (Å²) in [6.07, 6.45) is 4.49. The molecule has 10 heteroatoms. The second kappa shape index (κ2) is 7.96. The topological polar surface area (TPSA) is 110 Å². The minimum absolute atomic E-state index is 0.208. The third-order valence-electron chi connectivity index (χ3n) is 6.12. The number of fused-ring (bicyclic) bond motifs is 2. The molecule has 0 unspecified atom stereocenters. The van der Waals surface area contributed by atoms with E-state index in [9.17, 15) is 9.59 Å². The summed E-state index contributed by atoms with van der Waals surface area (Å²) in [5, 5.41) is 15.9. The molecule has 1 aliphatic heterocycles. The first-order chi connectivity index (χ1) is 16.6. The molecular weight excluding hydrogens is 454 g/mol. The van der Waals surface area contributed by atoms with Gasteiger partial charge >= 0.3 is 0 Å². The van der Waals surface area contributed by atoms with E-state index in [2.05, 4.69) is 25.8 Å². The van der Waals surface area contributed by atoms with Gasteiger partial charge in [-0.2, -0.15) is 4.68 Å². The predicted octanol–water partition coefficient (Wildman–Crippen LogP) is 3.75. The van der Waals surface area contributed by atoms with Gasteiger partial charge in [0.25, 0.3) is 5.56 Å². The molecule has 4 heterocycles. The molecule has 3 aromatic heterocycles. The Morgan fingerprint density at radius 3 is 2.88 bits per heavy atom. The Labute approximate surface area is 198 Å². The number of pyridine rings is 1. The van der Waals surface area contributed by atoms with Gasteiger partial charge in [-0.05, 0) is 77.4 Å². The maximum absolute atomic E-state index is 13.2. The van der Waals surface area contributed by atoms with Gasteiger partial charge in [-0.1, -0.05) is 11.6 Å². The highest BCUT2D eigenvalue weighted by Crippen LogP contribution is 2.32. The van der Waals surface area contributed by atoms with Crippen LogP contribution in [0.2, 0.25) is 5.02 Å². The van der Waals surface area contributed by atoms with Gasteiger partial charge in [-0.15, -0.1) is 5.10 Å². The molecule has 5 aromatic rings. The normalized spacial score (nSPS) is 14.9. The quantitative estimate of drug-likeness (QED) is 0.414. The molecule has 0 saturated carbocycles. The molecule has 34 heavy (non-hydrogen) atoms. The number of nitrogens with zero attached hydrogens (tertiary/aromatic N) is 5. The van der Waals surface area contributed by atoms with Crippen LogP contribution in [0.4, 0.5) is 5.69 Å². The lowest BCUT2D eigenvalue weighted by molar-refractivity contribution is -0.119. The van der Waals surface area contributed by atoms with Crippen LogP contribution in [0, 0.1) is 0 Å². The second-order valence-corrected chi connectivity index (χ2v) is 8.62. The Balaban J connectivity index is 1.34. The van der Waals surface area contributed by atoms with E-state index in [-0.39, 0.29) is 11.5 Å². The minimum Gasteiger partial charge on any atom is -0.361 e. The number of benzene rings is 2. The van der Waals surface area contributed by atoms with E-state index in [1.807, 2.05) is 36.5 Å². The molecule has 2 N–H and O–H groups in total. The van der Waals surface area contributed by atoms with Crippen molar-refractivity contribution in [2.75, 3.05) is 5.32 Å². The Hall–Kier alpha value is -4.24. The summed E-state index contributed by atoms with van der Waals surface area (Å²) in [4.78, 5) is 29.4. The van der Waals surface area contributed by atoms with Crippen LogP contribution in [0.5, 0.6) is 0 Å². The molecule has 1 atom stereocenters. The van der Waals surface area contributed by atoms with Crippen molar-refractivity contribution in [3.05, 3.63) is 88.2 Å². The highest BCUT2D eigenvalue weighted by atomic mass is 35.5. The summed E-state index contributed by atoms with van der Waals surface area (Å²) < 4.78 is 3.10. The fourth-order valence-electron chi connectivity index (χ4n) is 4.57. The fraction of sp³-hybridized carbons (Fsp3) is 0.125. The Morgan fingerprint density at radius 2 is 2.03 bits per heavy atom. The van der Waals surface area contributed by atoms with Crippen molar-refractivity contribution in [1.82, 2.24) is 29.8 Å². The van der Waals surface area contributed by atoms with Crippen LogP contribution in [0.15, 0.2) is 71.9 Å². The van der Waals surface area contributed by atoms with E-state index in [1.165, 1.54) is 17.1 Å². The van der Waals surface area contributed by atoms with Crippen LogP contribution in [-0.2, 0) is 11.2 Å². The number of hydrogen-bond donors (Lipinski definition) is 2. The van der Waals surface area contributed by atoms with Crippen molar-refractivity contribution in [1.29, 1.82) is 0 Å². The van der Waals surface area contributed by atoms with Crippen molar-refractivity contribution in [2.24, 2.45) is 0 Å². The Morgan fingerprint density at radius 1 is 1.12 bits per heavy atom. The summed E-state index contributed by atoms with van der Waals surface area (Å²) in [7, 11) is 0. The first kappa shape index (κ1) is 20.4. The predicted molar refractivity (Wildman–Crippen MR) is 128 cm³/mol. The minimum atomic E-state index is -0.572. The number of carbonyl (C=O) groups is 1. The molecule has 0 saturated heterocycles. The molecule has 1 aliphatic rings. The van der Waals surface area contributed by atoms with Gasteiger partial charge in [-0.25, -0.2) is 0 Å². The molecule has 0 spiro atoms. The maximum Gasteiger partial charge on any atom is 0.252 e. The molecule has 2 aromatic carbocycles. The zero-order valence-electron chi connectivity index (χ0n) is 17.8. The highest BCUT2D eigenvalue weighted by Gasteiger charge is 2.30. The van der Waals surface area contributed by atoms with Gasteiger partial charge in [0.15, 0.2) is 0 Å².